The van der Waals surface area contributed by atoms with Gasteiger partial charge in [0.1, 0.15) is 18.5 Å². The molecule has 4 nitrogen and oxygen atoms in total. The van der Waals surface area contributed by atoms with Crippen molar-refractivity contribution >= 4 is 5.91 Å². The summed E-state index contributed by atoms with van der Waals surface area (Å²) in [6, 6.07) is 19.5. The number of amides is 1. The maximum atomic E-state index is 12.0. The Morgan fingerprint density at radius 1 is 1.00 bits per heavy atom. The van der Waals surface area contributed by atoms with Crippen molar-refractivity contribution in [2.24, 2.45) is 0 Å². The van der Waals surface area contributed by atoms with E-state index in [9.17, 15) is 4.79 Å². The molecule has 0 saturated carbocycles. The molecule has 0 bridgehead atoms. The van der Waals surface area contributed by atoms with Crippen molar-refractivity contribution in [1.82, 2.24) is 4.90 Å². The van der Waals surface area contributed by atoms with Crippen LogP contribution in [0.2, 0.25) is 0 Å². The monoisotopic (exact) mass is 297 g/mol. The molecule has 22 heavy (non-hydrogen) atoms. The zero-order chi connectivity index (χ0) is 15.2. The molecule has 0 unspecified atom stereocenters. The molecular formula is C18H19NO3. The van der Waals surface area contributed by atoms with E-state index in [0.29, 0.717) is 19.7 Å². The molecule has 0 N–H and O–H groups in total. The van der Waals surface area contributed by atoms with Crippen LogP contribution in [0.25, 0.3) is 0 Å². The summed E-state index contributed by atoms with van der Waals surface area (Å²) in [6.45, 7) is 1.84. The number of likely N-dealkylation sites (tertiary alicyclic amines) is 1. The molecule has 1 fully saturated rings. The predicted molar refractivity (Wildman–Crippen MR) is 83.5 cm³/mol. The minimum absolute atomic E-state index is 0.0174. The van der Waals surface area contributed by atoms with Crippen LogP contribution in [-0.4, -0.2) is 36.6 Å². The molecule has 1 amide bonds. The van der Waals surface area contributed by atoms with Crippen LogP contribution >= 0.6 is 0 Å². The summed E-state index contributed by atoms with van der Waals surface area (Å²) in [5, 5.41) is 0. The third-order valence-electron chi connectivity index (χ3n) is 3.58. The fraction of sp³-hybridized carbons (Fsp3) is 0.278. The molecule has 4 heteroatoms. The number of benzene rings is 2. The number of nitrogens with zero attached hydrogens (tertiary/aromatic N) is 1. The van der Waals surface area contributed by atoms with Crippen molar-refractivity contribution in [3.63, 3.8) is 0 Å². The minimum atomic E-state index is 0.0174. The second-order valence-electron chi connectivity index (χ2n) is 5.33. The Balaban J connectivity index is 1.35. The first-order chi connectivity index (χ1) is 10.8. The minimum Gasteiger partial charge on any atom is -0.487 e. The van der Waals surface area contributed by atoms with Gasteiger partial charge in [-0.2, -0.15) is 0 Å². The fourth-order valence-electron chi connectivity index (χ4n) is 2.33. The smallest absolute Gasteiger partial charge is 0.248 e. The zero-order valence-electron chi connectivity index (χ0n) is 12.4. The Bertz CT molecular complexity index is 594. The standard InChI is InChI=1S/C18H19NO3/c20-18(14-21-13-15-7-3-1-4-8-15)19-11-17(12-19)22-16-9-5-2-6-10-16/h1-10,17H,11-14H2. The first kappa shape index (κ1) is 14.6. The van der Waals surface area contributed by atoms with Crippen molar-refractivity contribution in [2.45, 2.75) is 12.7 Å². The lowest BCUT2D eigenvalue weighted by Gasteiger charge is -2.38. The van der Waals surface area contributed by atoms with Crippen LogP contribution in [0.15, 0.2) is 60.7 Å². The Morgan fingerprint density at radius 2 is 1.64 bits per heavy atom. The summed E-state index contributed by atoms with van der Waals surface area (Å²) in [5.41, 5.74) is 1.07. The summed E-state index contributed by atoms with van der Waals surface area (Å²) in [6.07, 6.45) is 0.0838. The third-order valence-corrected chi connectivity index (χ3v) is 3.58. The van der Waals surface area contributed by atoms with E-state index < -0.39 is 0 Å². The van der Waals surface area contributed by atoms with Gasteiger partial charge in [0, 0.05) is 0 Å². The molecule has 3 rings (SSSR count). The normalized spacial score (nSPS) is 14.5. The van der Waals surface area contributed by atoms with Gasteiger partial charge in [-0.25, -0.2) is 0 Å². The van der Waals surface area contributed by atoms with Gasteiger partial charge in [0.15, 0.2) is 0 Å². The predicted octanol–water partition coefficient (Wildman–Crippen LogP) is 2.49. The average Bonchev–Trinajstić information content (AvgIpc) is 2.52. The second kappa shape index (κ2) is 7.09. The maximum absolute atomic E-state index is 12.0. The van der Waals surface area contributed by atoms with E-state index in [1.165, 1.54) is 0 Å². The van der Waals surface area contributed by atoms with Crippen LogP contribution in [0.5, 0.6) is 5.75 Å². The number of rotatable bonds is 6. The summed E-state index contributed by atoms with van der Waals surface area (Å²) >= 11 is 0. The van der Waals surface area contributed by atoms with E-state index in [0.717, 1.165) is 11.3 Å². The van der Waals surface area contributed by atoms with E-state index in [1.807, 2.05) is 60.7 Å². The van der Waals surface area contributed by atoms with Crippen molar-refractivity contribution < 1.29 is 14.3 Å². The van der Waals surface area contributed by atoms with Crippen molar-refractivity contribution in [3.8, 4) is 5.75 Å². The van der Waals surface area contributed by atoms with Crippen LogP contribution < -0.4 is 4.74 Å². The lowest BCUT2D eigenvalue weighted by Crippen LogP contribution is -2.57. The van der Waals surface area contributed by atoms with Gasteiger partial charge < -0.3 is 14.4 Å². The highest BCUT2D eigenvalue weighted by atomic mass is 16.5. The fourth-order valence-corrected chi connectivity index (χ4v) is 2.33. The molecule has 1 saturated heterocycles. The van der Waals surface area contributed by atoms with Gasteiger partial charge >= 0.3 is 0 Å². The number of hydrogen-bond acceptors (Lipinski definition) is 3. The van der Waals surface area contributed by atoms with E-state index >= 15 is 0 Å². The van der Waals surface area contributed by atoms with Crippen LogP contribution in [-0.2, 0) is 16.1 Å². The molecule has 1 aliphatic rings. The Morgan fingerprint density at radius 3 is 2.32 bits per heavy atom. The molecule has 0 aromatic heterocycles. The van der Waals surface area contributed by atoms with Crippen molar-refractivity contribution in [3.05, 3.63) is 66.2 Å². The molecule has 2 aromatic carbocycles. The molecule has 0 spiro atoms. The quantitative estimate of drug-likeness (QED) is 0.822. The molecule has 114 valence electrons. The molecule has 0 radical (unpaired) electrons. The number of ether oxygens (including phenoxy) is 2. The van der Waals surface area contributed by atoms with E-state index in [1.54, 1.807) is 4.90 Å². The molecule has 0 aliphatic carbocycles. The summed E-state index contributed by atoms with van der Waals surface area (Å²) in [7, 11) is 0. The van der Waals surface area contributed by atoms with Crippen LogP contribution in [0.3, 0.4) is 0 Å². The maximum Gasteiger partial charge on any atom is 0.248 e. The number of carbonyl (C=O) groups is 1. The van der Waals surface area contributed by atoms with Gasteiger partial charge in [0.25, 0.3) is 0 Å². The summed E-state index contributed by atoms with van der Waals surface area (Å²) < 4.78 is 11.2. The van der Waals surface area contributed by atoms with Crippen molar-refractivity contribution in [1.29, 1.82) is 0 Å². The lowest BCUT2D eigenvalue weighted by molar-refractivity contribution is -0.145. The number of carbonyl (C=O) groups excluding carboxylic acids is 1. The van der Waals surface area contributed by atoms with Crippen molar-refractivity contribution in [2.75, 3.05) is 19.7 Å². The number of para-hydroxylation sites is 1. The SMILES string of the molecule is O=C(COCc1ccccc1)N1CC(Oc2ccccc2)C1. The first-order valence-electron chi connectivity index (χ1n) is 7.42. The van der Waals surface area contributed by atoms with Gasteiger partial charge in [-0.15, -0.1) is 0 Å². The molecule has 0 atom stereocenters. The number of hydrogen-bond donors (Lipinski definition) is 0. The van der Waals surface area contributed by atoms with E-state index in [-0.39, 0.29) is 18.6 Å². The van der Waals surface area contributed by atoms with E-state index in [4.69, 9.17) is 9.47 Å². The third kappa shape index (κ3) is 3.86. The Kier molecular flexibility index (Phi) is 4.71. The highest BCUT2D eigenvalue weighted by Gasteiger charge is 2.32. The van der Waals surface area contributed by atoms with Gasteiger partial charge in [0.2, 0.25) is 5.91 Å². The Labute approximate surface area is 130 Å². The highest BCUT2D eigenvalue weighted by molar-refractivity contribution is 5.78. The average molecular weight is 297 g/mol. The van der Waals surface area contributed by atoms with Gasteiger partial charge in [-0.3, -0.25) is 4.79 Å². The topological polar surface area (TPSA) is 38.8 Å². The zero-order valence-corrected chi connectivity index (χ0v) is 12.4. The van der Waals surface area contributed by atoms with Gasteiger partial charge in [0.05, 0.1) is 19.7 Å². The highest BCUT2D eigenvalue weighted by Crippen LogP contribution is 2.17. The first-order valence-corrected chi connectivity index (χ1v) is 7.42. The van der Waals surface area contributed by atoms with Crippen LogP contribution in [0.4, 0.5) is 0 Å². The summed E-state index contributed by atoms with van der Waals surface area (Å²) in [5.74, 6) is 0.865. The lowest BCUT2D eigenvalue weighted by atomic mass is 10.1. The molecule has 2 aromatic rings. The van der Waals surface area contributed by atoms with Crippen LogP contribution in [0.1, 0.15) is 5.56 Å². The Hall–Kier alpha value is -2.33. The largest absolute Gasteiger partial charge is 0.487 e. The van der Waals surface area contributed by atoms with Gasteiger partial charge in [-0.1, -0.05) is 48.5 Å². The molecule has 1 aliphatic heterocycles. The molecular weight excluding hydrogens is 278 g/mol. The van der Waals surface area contributed by atoms with E-state index in [2.05, 4.69) is 0 Å². The van der Waals surface area contributed by atoms with Gasteiger partial charge in [-0.05, 0) is 17.7 Å². The second-order valence-corrected chi connectivity index (χ2v) is 5.33. The molecule has 1 heterocycles. The van der Waals surface area contributed by atoms with Crippen LogP contribution in [0, 0.1) is 0 Å². The summed E-state index contributed by atoms with van der Waals surface area (Å²) in [4.78, 5) is 13.7.